The second-order valence-electron chi connectivity index (χ2n) is 3.50. The van der Waals surface area contributed by atoms with Crippen molar-refractivity contribution in [2.75, 3.05) is 0 Å². The molecule has 4 heteroatoms. The summed E-state index contributed by atoms with van der Waals surface area (Å²) in [5.41, 5.74) is -0.555. The molecule has 0 aromatic heterocycles. The van der Waals surface area contributed by atoms with E-state index < -0.39 is 11.7 Å². The minimum Gasteiger partial charge on any atom is -0.443 e. The third kappa shape index (κ3) is 1.84. The largest absolute Gasteiger partial charge is 0.443 e. The van der Waals surface area contributed by atoms with Gasteiger partial charge >= 0.3 is 6.09 Å². The first-order valence-electron chi connectivity index (χ1n) is 3.64. The Morgan fingerprint density at radius 2 is 2.08 bits per heavy atom. The maximum Gasteiger partial charge on any atom is 0.421 e. The van der Waals surface area contributed by atoms with E-state index in [1.807, 2.05) is 0 Å². The van der Waals surface area contributed by atoms with Crippen molar-refractivity contribution in [3.63, 3.8) is 0 Å². The van der Waals surface area contributed by atoms with Crippen LogP contribution >= 0.6 is 0 Å². The van der Waals surface area contributed by atoms with Crippen molar-refractivity contribution in [1.29, 1.82) is 0 Å². The smallest absolute Gasteiger partial charge is 0.421 e. The molecular formula is C8H11NO3. The molecule has 2 amide bonds. The molecular weight excluding hydrogens is 158 g/mol. The Bertz CT molecular complexity index is 250. The fourth-order valence-electron chi connectivity index (χ4n) is 0.672. The lowest BCUT2D eigenvalue weighted by Crippen LogP contribution is -2.40. The fourth-order valence-corrected chi connectivity index (χ4v) is 0.672. The quantitative estimate of drug-likeness (QED) is 0.548. The van der Waals surface area contributed by atoms with Crippen LogP contribution in [0.5, 0.6) is 0 Å². The Labute approximate surface area is 70.8 Å². The summed E-state index contributed by atoms with van der Waals surface area (Å²) in [4.78, 5) is 22.7. The lowest BCUT2D eigenvalue weighted by molar-refractivity contribution is -0.125. The highest BCUT2D eigenvalue weighted by Gasteiger charge is 2.28. The minimum atomic E-state index is -0.616. The lowest BCUT2D eigenvalue weighted by atomic mass is 10.2. The summed E-state index contributed by atoms with van der Waals surface area (Å²) in [6.07, 6.45) is 2.08. The molecule has 0 unspecified atom stereocenters. The molecule has 0 saturated heterocycles. The number of carbonyl (C=O) groups excluding carboxylic acids is 2. The Morgan fingerprint density at radius 3 is 2.33 bits per heavy atom. The Morgan fingerprint density at radius 1 is 1.50 bits per heavy atom. The molecule has 0 bridgehead atoms. The number of rotatable bonds is 0. The molecule has 0 saturated carbocycles. The fraction of sp³-hybridized carbons (Fsp3) is 0.500. The van der Waals surface area contributed by atoms with Gasteiger partial charge in [-0.05, 0) is 20.8 Å². The van der Waals surface area contributed by atoms with Crippen LogP contribution in [0.25, 0.3) is 0 Å². The number of carbonyl (C=O) groups is 2. The molecule has 0 spiro atoms. The first kappa shape index (κ1) is 8.77. The first-order valence-corrected chi connectivity index (χ1v) is 3.64. The maximum atomic E-state index is 11.1. The molecule has 4 nitrogen and oxygen atoms in total. The van der Waals surface area contributed by atoms with E-state index in [9.17, 15) is 9.59 Å². The summed E-state index contributed by atoms with van der Waals surface area (Å²) < 4.78 is 4.93. The normalized spacial score (nSPS) is 15.9. The summed E-state index contributed by atoms with van der Waals surface area (Å²) in [7, 11) is 0. The molecule has 0 atom stereocenters. The summed E-state index contributed by atoms with van der Waals surface area (Å²) in [5.74, 6) is -0.329. The van der Waals surface area contributed by atoms with Crippen molar-refractivity contribution in [2.24, 2.45) is 0 Å². The molecule has 0 radical (unpaired) electrons. The van der Waals surface area contributed by atoms with E-state index in [0.29, 0.717) is 0 Å². The monoisotopic (exact) mass is 169 g/mol. The van der Waals surface area contributed by atoms with E-state index in [4.69, 9.17) is 4.74 Å². The number of amides is 2. The standard InChI is InChI=1S/C8H11NO3/c1-8(2,3)12-7(11)9-5-4-6(9)10/h4-5H,1-3H3. The third-order valence-corrected chi connectivity index (χ3v) is 1.19. The molecule has 1 heterocycles. The average Bonchev–Trinajstić information content (AvgIpc) is 1.79. The van der Waals surface area contributed by atoms with Crippen LogP contribution in [-0.4, -0.2) is 22.5 Å². The summed E-state index contributed by atoms with van der Waals surface area (Å²) in [6.45, 7) is 5.25. The molecule has 0 N–H and O–H groups in total. The lowest BCUT2D eigenvalue weighted by Gasteiger charge is -2.26. The zero-order chi connectivity index (χ0) is 9.35. The van der Waals surface area contributed by atoms with Gasteiger partial charge < -0.3 is 4.74 Å². The van der Waals surface area contributed by atoms with Crippen molar-refractivity contribution in [1.82, 2.24) is 4.90 Å². The number of hydrogen-bond acceptors (Lipinski definition) is 3. The van der Waals surface area contributed by atoms with E-state index in [2.05, 4.69) is 0 Å². The van der Waals surface area contributed by atoms with Crippen molar-refractivity contribution >= 4 is 12.0 Å². The molecule has 0 aromatic rings. The number of imide groups is 1. The van der Waals surface area contributed by atoms with Gasteiger partial charge in [-0.15, -0.1) is 0 Å². The summed E-state index contributed by atoms with van der Waals surface area (Å²) >= 11 is 0. The Hall–Kier alpha value is -1.32. The van der Waals surface area contributed by atoms with Crippen molar-refractivity contribution in [2.45, 2.75) is 26.4 Å². The number of hydrogen-bond donors (Lipinski definition) is 0. The van der Waals surface area contributed by atoms with Gasteiger partial charge in [-0.1, -0.05) is 0 Å². The molecule has 12 heavy (non-hydrogen) atoms. The topological polar surface area (TPSA) is 46.6 Å². The third-order valence-electron chi connectivity index (χ3n) is 1.19. The van der Waals surface area contributed by atoms with Crippen LogP contribution < -0.4 is 0 Å². The van der Waals surface area contributed by atoms with Crippen LogP contribution in [0, 0.1) is 0 Å². The average molecular weight is 169 g/mol. The van der Waals surface area contributed by atoms with E-state index in [0.717, 1.165) is 4.90 Å². The highest BCUT2D eigenvalue weighted by Crippen LogP contribution is 2.13. The minimum absolute atomic E-state index is 0.329. The zero-order valence-corrected chi connectivity index (χ0v) is 7.33. The number of ether oxygens (including phenoxy) is 1. The van der Waals surface area contributed by atoms with Gasteiger partial charge in [0.25, 0.3) is 5.91 Å². The van der Waals surface area contributed by atoms with E-state index >= 15 is 0 Å². The summed E-state index contributed by atoms with van der Waals surface area (Å²) in [5, 5.41) is 0. The predicted molar refractivity (Wildman–Crippen MR) is 42.2 cm³/mol. The van der Waals surface area contributed by atoms with Gasteiger partial charge in [0.15, 0.2) is 0 Å². The van der Waals surface area contributed by atoms with Crippen molar-refractivity contribution < 1.29 is 14.3 Å². The molecule has 0 aliphatic carbocycles. The van der Waals surface area contributed by atoms with Gasteiger partial charge in [-0.2, -0.15) is 0 Å². The van der Waals surface area contributed by atoms with Gasteiger partial charge in [-0.25, -0.2) is 9.69 Å². The molecule has 0 aromatic carbocycles. The van der Waals surface area contributed by atoms with Gasteiger partial charge in [0.2, 0.25) is 0 Å². The Kier molecular flexibility index (Phi) is 1.92. The molecule has 1 aliphatic heterocycles. The zero-order valence-electron chi connectivity index (χ0n) is 7.33. The molecule has 66 valence electrons. The SMILES string of the molecule is CC(C)(C)OC(=O)N1C=CC1=O. The van der Waals surface area contributed by atoms with Crippen LogP contribution in [0.4, 0.5) is 4.79 Å². The first-order chi connectivity index (χ1) is 5.40. The van der Waals surface area contributed by atoms with Gasteiger partial charge in [0.1, 0.15) is 5.60 Å². The van der Waals surface area contributed by atoms with Gasteiger partial charge in [-0.3, -0.25) is 4.79 Å². The summed E-state index contributed by atoms with van der Waals surface area (Å²) in [6, 6.07) is 0. The highest BCUT2D eigenvalue weighted by atomic mass is 16.6. The Balaban J connectivity index is 2.51. The van der Waals surface area contributed by atoms with Crippen LogP contribution in [0.3, 0.4) is 0 Å². The van der Waals surface area contributed by atoms with E-state index in [1.54, 1.807) is 20.8 Å². The van der Waals surface area contributed by atoms with Crippen molar-refractivity contribution in [3.05, 3.63) is 12.3 Å². The molecule has 0 fully saturated rings. The van der Waals surface area contributed by atoms with Crippen LogP contribution in [0.15, 0.2) is 12.3 Å². The van der Waals surface area contributed by atoms with Crippen LogP contribution in [0.1, 0.15) is 20.8 Å². The highest BCUT2D eigenvalue weighted by molar-refractivity contribution is 6.04. The van der Waals surface area contributed by atoms with E-state index in [-0.39, 0.29) is 5.91 Å². The molecule has 1 aliphatic rings. The van der Waals surface area contributed by atoms with Crippen LogP contribution in [0.2, 0.25) is 0 Å². The predicted octanol–water partition coefficient (Wildman–Crippen LogP) is 1.28. The maximum absolute atomic E-state index is 11.1. The van der Waals surface area contributed by atoms with Gasteiger partial charge in [0, 0.05) is 12.3 Å². The second kappa shape index (κ2) is 2.62. The van der Waals surface area contributed by atoms with Gasteiger partial charge in [0.05, 0.1) is 0 Å². The van der Waals surface area contributed by atoms with Crippen molar-refractivity contribution in [3.8, 4) is 0 Å². The number of nitrogens with zero attached hydrogens (tertiary/aromatic N) is 1. The van der Waals surface area contributed by atoms with Crippen LogP contribution in [-0.2, 0) is 9.53 Å². The second-order valence-corrected chi connectivity index (χ2v) is 3.50. The van der Waals surface area contributed by atoms with E-state index in [1.165, 1.54) is 12.3 Å². The molecule has 1 rings (SSSR count).